The first kappa shape index (κ1) is 18.6. The molecule has 4 rings (SSSR count). The number of hydrogen-bond acceptors (Lipinski definition) is 3. The third-order valence-corrected chi connectivity index (χ3v) is 8.42. The molecule has 1 fully saturated rings. The highest BCUT2D eigenvalue weighted by Gasteiger charge is 2.53. The van der Waals surface area contributed by atoms with Crippen LogP contribution in [0.2, 0.25) is 5.02 Å². The summed E-state index contributed by atoms with van der Waals surface area (Å²) in [6, 6.07) is 17.5. The molecule has 1 aliphatic rings. The fourth-order valence-electron chi connectivity index (χ4n) is 3.19. The Morgan fingerprint density at radius 2 is 1.89 bits per heavy atom. The third-order valence-electron chi connectivity index (χ3n) is 5.02. The van der Waals surface area contributed by atoms with Crippen LogP contribution in [0.3, 0.4) is 0 Å². The minimum absolute atomic E-state index is 0.0405. The second-order valence-electron chi connectivity index (χ2n) is 6.91. The topological polar surface area (TPSA) is 46.2 Å². The molecule has 3 aromatic rings. The van der Waals surface area contributed by atoms with Crippen molar-refractivity contribution in [3.8, 4) is 10.4 Å². The number of rotatable bonds is 5. The quantitative estimate of drug-likeness (QED) is 0.614. The number of halogens is 2. The Balaban J connectivity index is 1.54. The van der Waals surface area contributed by atoms with Crippen LogP contribution in [0, 0.1) is 5.82 Å². The number of sulfonamides is 1. The van der Waals surface area contributed by atoms with Crippen molar-refractivity contribution in [2.75, 3.05) is 0 Å². The Kier molecular flexibility index (Phi) is 4.63. The minimum Gasteiger partial charge on any atom is -0.206 e. The van der Waals surface area contributed by atoms with Gasteiger partial charge < -0.3 is 0 Å². The van der Waals surface area contributed by atoms with Crippen molar-refractivity contribution in [1.29, 1.82) is 0 Å². The van der Waals surface area contributed by atoms with Gasteiger partial charge in [-0.25, -0.2) is 17.5 Å². The first-order valence-electron chi connectivity index (χ1n) is 8.43. The van der Waals surface area contributed by atoms with Crippen molar-refractivity contribution in [3.63, 3.8) is 0 Å². The fraction of sp³-hybridized carbons (Fsp3) is 0.200. The molecule has 0 aliphatic heterocycles. The molecule has 1 heterocycles. The lowest BCUT2D eigenvalue weighted by Gasteiger charge is -2.12. The maximum atomic E-state index is 13.7. The number of benzene rings is 2. The van der Waals surface area contributed by atoms with Gasteiger partial charge in [0, 0.05) is 16.3 Å². The van der Waals surface area contributed by atoms with E-state index in [-0.39, 0.29) is 20.7 Å². The van der Waals surface area contributed by atoms with Crippen molar-refractivity contribution in [3.05, 3.63) is 77.1 Å². The van der Waals surface area contributed by atoms with Gasteiger partial charge in [-0.15, -0.1) is 11.3 Å². The summed E-state index contributed by atoms with van der Waals surface area (Å²) in [6.45, 7) is 2.06. The predicted octanol–water partition coefficient (Wildman–Crippen LogP) is 5.22. The van der Waals surface area contributed by atoms with Crippen molar-refractivity contribution in [1.82, 2.24) is 4.72 Å². The van der Waals surface area contributed by atoms with Crippen LogP contribution < -0.4 is 4.72 Å². The van der Waals surface area contributed by atoms with E-state index >= 15 is 0 Å². The molecule has 1 aromatic heterocycles. The molecule has 2 atom stereocenters. The SMILES string of the molecule is C[C@]1(c2ccccc2)C[C@@H]1NS(=O)(=O)c1ccc(-c2ccc(Cl)c(F)c2)s1. The van der Waals surface area contributed by atoms with Crippen LogP contribution in [0.15, 0.2) is 64.9 Å². The maximum Gasteiger partial charge on any atom is 0.250 e. The van der Waals surface area contributed by atoms with E-state index in [2.05, 4.69) is 11.6 Å². The molecule has 0 amide bonds. The van der Waals surface area contributed by atoms with Crippen molar-refractivity contribution < 1.29 is 12.8 Å². The largest absolute Gasteiger partial charge is 0.250 e. The minimum atomic E-state index is -3.63. The van der Waals surface area contributed by atoms with Crippen LogP contribution >= 0.6 is 22.9 Å². The van der Waals surface area contributed by atoms with Crippen molar-refractivity contribution in [2.24, 2.45) is 0 Å². The standard InChI is InChI=1S/C20H17ClFNO2S2/c1-20(14-5-3-2-4-6-14)12-18(20)23-27(24,25)19-10-9-17(26-19)13-7-8-15(21)16(22)11-13/h2-11,18,23H,12H2,1H3/t18-,20+/m0/s1. The Labute approximate surface area is 166 Å². The first-order valence-corrected chi connectivity index (χ1v) is 11.1. The molecule has 1 aliphatic carbocycles. The van der Waals surface area contributed by atoms with E-state index in [9.17, 15) is 12.8 Å². The van der Waals surface area contributed by atoms with Crippen LogP contribution in [-0.2, 0) is 15.4 Å². The molecule has 0 spiro atoms. The predicted molar refractivity (Wildman–Crippen MR) is 107 cm³/mol. The molecule has 0 unspecified atom stereocenters. The van der Waals surface area contributed by atoms with Gasteiger partial charge in [-0.05, 0) is 41.8 Å². The molecular weight excluding hydrogens is 405 g/mol. The second kappa shape index (κ2) is 6.71. The van der Waals surface area contributed by atoms with E-state index in [0.717, 1.165) is 23.3 Å². The van der Waals surface area contributed by atoms with Crippen LogP contribution in [0.25, 0.3) is 10.4 Å². The summed E-state index contributed by atoms with van der Waals surface area (Å²) < 4.78 is 42.2. The number of thiophene rings is 1. The normalized spacial score (nSPS) is 22.0. The molecular formula is C20H17ClFNO2S2. The van der Waals surface area contributed by atoms with Gasteiger partial charge in [0.15, 0.2) is 0 Å². The lowest BCUT2D eigenvalue weighted by molar-refractivity contribution is 0.576. The van der Waals surface area contributed by atoms with Gasteiger partial charge in [-0.3, -0.25) is 0 Å². The Bertz CT molecular complexity index is 1100. The van der Waals surface area contributed by atoms with Crippen LogP contribution in [0.4, 0.5) is 4.39 Å². The summed E-state index contributed by atoms with van der Waals surface area (Å²) in [5, 5.41) is 0.0405. The second-order valence-corrected chi connectivity index (χ2v) is 10.3. The Hall–Kier alpha value is -1.73. The maximum absolute atomic E-state index is 13.7. The number of nitrogens with one attached hydrogen (secondary N) is 1. The van der Waals surface area contributed by atoms with E-state index < -0.39 is 15.8 Å². The van der Waals surface area contributed by atoms with Gasteiger partial charge in [0.2, 0.25) is 10.0 Å². The first-order chi connectivity index (χ1) is 12.8. The fourth-order valence-corrected chi connectivity index (χ4v) is 5.97. The van der Waals surface area contributed by atoms with Gasteiger partial charge in [0.25, 0.3) is 0 Å². The third kappa shape index (κ3) is 3.55. The summed E-state index contributed by atoms with van der Waals surface area (Å²) in [5.41, 5.74) is 1.54. The van der Waals surface area contributed by atoms with E-state index in [1.807, 2.05) is 30.3 Å². The zero-order chi connectivity index (χ0) is 19.2. The van der Waals surface area contributed by atoms with Crippen LogP contribution in [-0.4, -0.2) is 14.5 Å². The van der Waals surface area contributed by atoms with Gasteiger partial charge in [-0.1, -0.05) is 54.9 Å². The summed E-state index contributed by atoms with van der Waals surface area (Å²) in [4.78, 5) is 0.674. The van der Waals surface area contributed by atoms with Gasteiger partial charge >= 0.3 is 0 Å². The van der Waals surface area contributed by atoms with E-state index in [1.54, 1.807) is 18.2 Å². The molecule has 0 bridgehead atoms. The molecule has 3 nitrogen and oxygen atoms in total. The molecule has 1 saturated carbocycles. The van der Waals surface area contributed by atoms with Crippen LogP contribution in [0.1, 0.15) is 18.9 Å². The molecule has 27 heavy (non-hydrogen) atoms. The van der Waals surface area contributed by atoms with Crippen molar-refractivity contribution in [2.45, 2.75) is 29.0 Å². The highest BCUT2D eigenvalue weighted by atomic mass is 35.5. The highest BCUT2D eigenvalue weighted by molar-refractivity contribution is 7.91. The van der Waals surface area contributed by atoms with Crippen molar-refractivity contribution >= 4 is 33.0 Å². The van der Waals surface area contributed by atoms with Gasteiger partial charge in [0.05, 0.1) is 5.02 Å². The average Bonchev–Trinajstić information content (AvgIpc) is 3.08. The molecule has 7 heteroatoms. The molecule has 0 radical (unpaired) electrons. The lowest BCUT2D eigenvalue weighted by atomic mass is 9.98. The zero-order valence-electron chi connectivity index (χ0n) is 14.4. The lowest BCUT2D eigenvalue weighted by Crippen LogP contribution is -2.29. The molecule has 1 N–H and O–H groups in total. The average molecular weight is 422 g/mol. The summed E-state index contributed by atoms with van der Waals surface area (Å²) in [5.74, 6) is -0.526. The molecule has 2 aromatic carbocycles. The Morgan fingerprint density at radius 1 is 1.15 bits per heavy atom. The van der Waals surface area contributed by atoms with Crippen LogP contribution in [0.5, 0.6) is 0 Å². The van der Waals surface area contributed by atoms with E-state index in [1.165, 1.54) is 12.1 Å². The monoisotopic (exact) mass is 421 g/mol. The summed E-state index contributed by atoms with van der Waals surface area (Å²) in [6.07, 6.45) is 0.761. The smallest absolute Gasteiger partial charge is 0.206 e. The Morgan fingerprint density at radius 3 is 2.59 bits per heavy atom. The van der Waals surface area contributed by atoms with Gasteiger partial charge in [0.1, 0.15) is 10.0 Å². The zero-order valence-corrected chi connectivity index (χ0v) is 16.8. The highest BCUT2D eigenvalue weighted by Crippen LogP contribution is 2.48. The van der Waals surface area contributed by atoms with E-state index in [0.29, 0.717) is 10.4 Å². The molecule has 0 saturated heterocycles. The number of hydrogen-bond donors (Lipinski definition) is 1. The summed E-state index contributed by atoms with van der Waals surface area (Å²) >= 11 is 6.82. The summed E-state index contributed by atoms with van der Waals surface area (Å²) in [7, 11) is -3.63. The van der Waals surface area contributed by atoms with E-state index in [4.69, 9.17) is 11.6 Å². The molecule has 140 valence electrons. The van der Waals surface area contributed by atoms with Gasteiger partial charge in [-0.2, -0.15) is 0 Å².